The van der Waals surface area contributed by atoms with Crippen LogP contribution in [0.25, 0.3) is 0 Å². The highest BCUT2D eigenvalue weighted by atomic mass is 16.1. The third-order valence-corrected chi connectivity index (χ3v) is 3.60. The van der Waals surface area contributed by atoms with Crippen LogP contribution in [0.5, 0.6) is 0 Å². The minimum Gasteiger partial charge on any atom is -0.399 e. The molecule has 1 rings (SSSR count). The fraction of sp³-hybridized carbons (Fsp3) is 0.562. The predicted molar refractivity (Wildman–Crippen MR) is 84.9 cm³/mol. The second-order valence-electron chi connectivity index (χ2n) is 5.61. The Morgan fingerprint density at radius 1 is 1.35 bits per heavy atom. The van der Waals surface area contributed by atoms with Gasteiger partial charge in [-0.1, -0.05) is 0 Å². The van der Waals surface area contributed by atoms with Gasteiger partial charge in [-0.2, -0.15) is 0 Å². The zero-order chi connectivity index (χ0) is 15.1. The standard InChI is InChI=1S/C16H27N3O/c1-12(2)19(4)10-6-5-9-18-16(20)15-8-7-14(17)11-13(15)3/h7-8,11-12H,5-6,9-10,17H2,1-4H3,(H,18,20). The highest BCUT2D eigenvalue weighted by molar-refractivity contribution is 5.95. The molecule has 0 saturated carbocycles. The average Bonchev–Trinajstić information content (AvgIpc) is 2.37. The maximum absolute atomic E-state index is 12.0. The molecular weight excluding hydrogens is 250 g/mol. The van der Waals surface area contributed by atoms with E-state index in [1.165, 1.54) is 0 Å². The summed E-state index contributed by atoms with van der Waals surface area (Å²) >= 11 is 0. The van der Waals surface area contributed by atoms with E-state index in [1.807, 2.05) is 13.0 Å². The Morgan fingerprint density at radius 3 is 2.65 bits per heavy atom. The van der Waals surface area contributed by atoms with Gasteiger partial charge >= 0.3 is 0 Å². The summed E-state index contributed by atoms with van der Waals surface area (Å²) in [6.45, 7) is 8.06. The van der Waals surface area contributed by atoms with E-state index in [-0.39, 0.29) is 5.91 Å². The SMILES string of the molecule is Cc1cc(N)ccc1C(=O)NCCCCN(C)C(C)C. The normalized spacial score (nSPS) is 11.1. The second-order valence-corrected chi connectivity index (χ2v) is 5.61. The molecule has 0 fully saturated rings. The number of nitrogens with two attached hydrogens (primary N) is 1. The molecule has 112 valence electrons. The van der Waals surface area contributed by atoms with E-state index in [2.05, 4.69) is 31.1 Å². The predicted octanol–water partition coefficient (Wildman–Crippen LogP) is 2.43. The van der Waals surface area contributed by atoms with Crippen LogP contribution in [-0.4, -0.2) is 37.0 Å². The molecule has 1 aromatic rings. The van der Waals surface area contributed by atoms with Gasteiger partial charge in [0.2, 0.25) is 0 Å². The lowest BCUT2D eigenvalue weighted by atomic mass is 10.1. The molecule has 0 aliphatic heterocycles. The number of unbranched alkanes of at least 4 members (excludes halogenated alkanes) is 1. The molecular formula is C16H27N3O. The molecule has 0 radical (unpaired) electrons. The van der Waals surface area contributed by atoms with Gasteiger partial charge < -0.3 is 16.0 Å². The maximum atomic E-state index is 12.0. The minimum atomic E-state index is -0.0142. The van der Waals surface area contributed by atoms with Gasteiger partial charge in [0.15, 0.2) is 0 Å². The summed E-state index contributed by atoms with van der Waals surface area (Å²) in [5.74, 6) is -0.0142. The topological polar surface area (TPSA) is 58.4 Å². The number of aryl methyl sites for hydroxylation is 1. The summed E-state index contributed by atoms with van der Waals surface area (Å²) in [4.78, 5) is 14.3. The number of anilines is 1. The molecule has 3 N–H and O–H groups in total. The smallest absolute Gasteiger partial charge is 0.251 e. The first-order chi connectivity index (χ1) is 9.41. The van der Waals surface area contributed by atoms with Gasteiger partial charge in [0.25, 0.3) is 5.91 Å². The molecule has 1 aromatic carbocycles. The zero-order valence-electron chi connectivity index (χ0n) is 13.1. The fourth-order valence-corrected chi connectivity index (χ4v) is 1.98. The molecule has 0 aliphatic rings. The Balaban J connectivity index is 2.30. The van der Waals surface area contributed by atoms with Crippen molar-refractivity contribution >= 4 is 11.6 Å². The Hall–Kier alpha value is -1.55. The third-order valence-electron chi connectivity index (χ3n) is 3.60. The minimum absolute atomic E-state index is 0.0142. The number of rotatable bonds is 7. The van der Waals surface area contributed by atoms with Gasteiger partial charge in [-0.3, -0.25) is 4.79 Å². The first kappa shape index (κ1) is 16.5. The highest BCUT2D eigenvalue weighted by Gasteiger charge is 2.08. The van der Waals surface area contributed by atoms with E-state index in [4.69, 9.17) is 5.73 Å². The molecule has 0 spiro atoms. The van der Waals surface area contributed by atoms with Crippen LogP contribution in [0.3, 0.4) is 0 Å². The van der Waals surface area contributed by atoms with Gasteiger partial charge in [0.05, 0.1) is 0 Å². The third kappa shape index (κ3) is 5.21. The van der Waals surface area contributed by atoms with Crippen molar-refractivity contribution in [3.05, 3.63) is 29.3 Å². The van der Waals surface area contributed by atoms with Crippen LogP contribution in [-0.2, 0) is 0 Å². The number of hydrogen-bond donors (Lipinski definition) is 2. The summed E-state index contributed by atoms with van der Waals surface area (Å²) in [5, 5.41) is 2.96. The summed E-state index contributed by atoms with van der Waals surface area (Å²) in [5.41, 5.74) is 8.00. The lowest BCUT2D eigenvalue weighted by Gasteiger charge is -2.20. The molecule has 4 heteroatoms. The van der Waals surface area contributed by atoms with Crippen LogP contribution in [0, 0.1) is 6.92 Å². The van der Waals surface area contributed by atoms with Crippen LogP contribution in [0.1, 0.15) is 42.6 Å². The molecule has 4 nitrogen and oxygen atoms in total. The van der Waals surface area contributed by atoms with E-state index in [0.29, 0.717) is 23.8 Å². The number of nitrogen functional groups attached to an aromatic ring is 1. The monoisotopic (exact) mass is 277 g/mol. The highest BCUT2D eigenvalue weighted by Crippen LogP contribution is 2.12. The molecule has 0 atom stereocenters. The second kappa shape index (κ2) is 7.90. The number of benzene rings is 1. The van der Waals surface area contributed by atoms with Gasteiger partial charge in [-0.05, 0) is 71.0 Å². The van der Waals surface area contributed by atoms with Crippen molar-refractivity contribution in [2.24, 2.45) is 0 Å². The van der Waals surface area contributed by atoms with Crippen molar-refractivity contribution in [3.63, 3.8) is 0 Å². The Kier molecular flexibility index (Phi) is 6.52. The number of carbonyl (C=O) groups is 1. The number of amides is 1. The Labute approximate surface area is 122 Å². The van der Waals surface area contributed by atoms with E-state index in [0.717, 1.165) is 24.9 Å². The van der Waals surface area contributed by atoms with Crippen LogP contribution < -0.4 is 11.1 Å². The van der Waals surface area contributed by atoms with Gasteiger partial charge in [-0.15, -0.1) is 0 Å². The van der Waals surface area contributed by atoms with Crippen LogP contribution in [0.2, 0.25) is 0 Å². The van der Waals surface area contributed by atoms with Gasteiger partial charge in [-0.25, -0.2) is 0 Å². The zero-order valence-corrected chi connectivity index (χ0v) is 13.1. The van der Waals surface area contributed by atoms with E-state index >= 15 is 0 Å². The van der Waals surface area contributed by atoms with Crippen LogP contribution in [0.15, 0.2) is 18.2 Å². The van der Waals surface area contributed by atoms with E-state index in [9.17, 15) is 4.79 Å². The Bertz CT molecular complexity index is 443. The van der Waals surface area contributed by atoms with E-state index < -0.39 is 0 Å². The number of carbonyl (C=O) groups excluding carboxylic acids is 1. The summed E-state index contributed by atoms with van der Waals surface area (Å²) < 4.78 is 0. The number of nitrogens with one attached hydrogen (secondary N) is 1. The summed E-state index contributed by atoms with van der Waals surface area (Å²) in [6.07, 6.45) is 2.09. The lowest BCUT2D eigenvalue weighted by molar-refractivity contribution is 0.0952. The van der Waals surface area contributed by atoms with Crippen molar-refractivity contribution < 1.29 is 4.79 Å². The fourth-order valence-electron chi connectivity index (χ4n) is 1.98. The van der Waals surface area contributed by atoms with Crippen molar-refractivity contribution in [2.75, 3.05) is 25.9 Å². The first-order valence-electron chi connectivity index (χ1n) is 7.26. The van der Waals surface area contributed by atoms with Crippen molar-refractivity contribution in [1.29, 1.82) is 0 Å². The van der Waals surface area contributed by atoms with Crippen LogP contribution >= 0.6 is 0 Å². The van der Waals surface area contributed by atoms with Gasteiger partial charge in [0, 0.05) is 23.8 Å². The first-order valence-corrected chi connectivity index (χ1v) is 7.26. The van der Waals surface area contributed by atoms with Crippen molar-refractivity contribution in [1.82, 2.24) is 10.2 Å². The van der Waals surface area contributed by atoms with E-state index in [1.54, 1.807) is 12.1 Å². The average molecular weight is 277 g/mol. The van der Waals surface area contributed by atoms with Crippen LogP contribution in [0.4, 0.5) is 5.69 Å². The molecule has 0 saturated heterocycles. The quantitative estimate of drug-likeness (QED) is 0.594. The van der Waals surface area contributed by atoms with Crippen molar-refractivity contribution in [3.8, 4) is 0 Å². The number of nitrogens with zero attached hydrogens (tertiary/aromatic N) is 1. The molecule has 1 amide bonds. The van der Waals surface area contributed by atoms with Gasteiger partial charge in [0.1, 0.15) is 0 Å². The number of hydrogen-bond acceptors (Lipinski definition) is 3. The molecule has 0 unspecified atom stereocenters. The maximum Gasteiger partial charge on any atom is 0.251 e. The molecule has 0 aliphatic carbocycles. The Morgan fingerprint density at radius 2 is 2.05 bits per heavy atom. The summed E-state index contributed by atoms with van der Waals surface area (Å²) in [6, 6.07) is 5.94. The molecule has 20 heavy (non-hydrogen) atoms. The van der Waals surface area contributed by atoms with Crippen molar-refractivity contribution in [2.45, 2.75) is 39.7 Å². The largest absolute Gasteiger partial charge is 0.399 e. The summed E-state index contributed by atoms with van der Waals surface area (Å²) in [7, 11) is 2.13. The molecule has 0 aromatic heterocycles. The molecule has 0 bridgehead atoms. The lowest BCUT2D eigenvalue weighted by Crippen LogP contribution is -2.29. The molecule has 0 heterocycles.